The molecule has 0 aliphatic rings. The summed E-state index contributed by atoms with van der Waals surface area (Å²) in [4.78, 5) is 11.8. The molecule has 1 atom stereocenters. The molecule has 1 aromatic rings. The Bertz CT molecular complexity index is 432. The summed E-state index contributed by atoms with van der Waals surface area (Å²) in [6.07, 6.45) is 1.66. The van der Waals surface area contributed by atoms with Gasteiger partial charge in [0.1, 0.15) is 11.9 Å². The van der Waals surface area contributed by atoms with Gasteiger partial charge in [0.2, 0.25) is 0 Å². The first-order chi connectivity index (χ1) is 8.60. The van der Waals surface area contributed by atoms with E-state index in [1.165, 1.54) is 6.07 Å². The van der Waals surface area contributed by atoms with Crippen LogP contribution >= 0.6 is 0 Å². The molecule has 1 unspecified atom stereocenters. The molecule has 4 heteroatoms. The van der Waals surface area contributed by atoms with Crippen molar-refractivity contribution in [3.8, 4) is 0 Å². The maximum absolute atomic E-state index is 13.2. The third-order valence-electron chi connectivity index (χ3n) is 2.50. The predicted molar refractivity (Wildman–Crippen MR) is 68.7 cm³/mol. The van der Waals surface area contributed by atoms with Crippen molar-refractivity contribution in [1.82, 2.24) is 5.32 Å². The molecule has 0 heterocycles. The number of aryl methyl sites for hydroxylation is 1. The summed E-state index contributed by atoms with van der Waals surface area (Å²) in [5.74, 6) is -0.657. The van der Waals surface area contributed by atoms with Crippen molar-refractivity contribution >= 4 is 5.97 Å². The van der Waals surface area contributed by atoms with Crippen LogP contribution in [0.5, 0.6) is 0 Å². The molecule has 0 spiro atoms. The van der Waals surface area contributed by atoms with E-state index in [2.05, 4.69) is 11.9 Å². The molecule has 0 bridgehead atoms. The summed E-state index contributed by atoms with van der Waals surface area (Å²) < 4.78 is 18.2. The van der Waals surface area contributed by atoms with Crippen LogP contribution in [0.25, 0.3) is 0 Å². The number of ether oxygens (including phenoxy) is 1. The average molecular weight is 251 g/mol. The molecule has 0 amide bonds. The number of nitrogens with one attached hydrogen (secondary N) is 1. The fourth-order valence-electron chi connectivity index (χ4n) is 1.61. The van der Waals surface area contributed by atoms with Crippen LogP contribution in [-0.4, -0.2) is 19.1 Å². The maximum Gasteiger partial charge on any atom is 0.327 e. The molecule has 18 heavy (non-hydrogen) atoms. The van der Waals surface area contributed by atoms with E-state index < -0.39 is 6.04 Å². The topological polar surface area (TPSA) is 38.3 Å². The Hall–Kier alpha value is -1.68. The van der Waals surface area contributed by atoms with E-state index in [1.807, 2.05) is 0 Å². The van der Waals surface area contributed by atoms with Crippen LogP contribution < -0.4 is 5.32 Å². The minimum absolute atomic E-state index is 0.287. The van der Waals surface area contributed by atoms with Crippen LogP contribution in [0.3, 0.4) is 0 Å². The molecular formula is C14H18FNO2. The van der Waals surface area contributed by atoms with Crippen LogP contribution in [0.15, 0.2) is 30.9 Å². The fourth-order valence-corrected chi connectivity index (χ4v) is 1.61. The fraction of sp³-hybridized carbons (Fsp3) is 0.357. The molecule has 0 aliphatic heterocycles. The summed E-state index contributed by atoms with van der Waals surface area (Å²) in [7, 11) is 0. The number of halogens is 1. The average Bonchev–Trinajstić information content (AvgIpc) is 2.34. The van der Waals surface area contributed by atoms with Gasteiger partial charge in [-0.1, -0.05) is 18.2 Å². The monoisotopic (exact) mass is 251 g/mol. The van der Waals surface area contributed by atoms with Crippen LogP contribution in [0, 0.1) is 12.7 Å². The van der Waals surface area contributed by atoms with Crippen molar-refractivity contribution in [2.75, 3.05) is 13.2 Å². The number of rotatable bonds is 6. The van der Waals surface area contributed by atoms with Gasteiger partial charge in [0.25, 0.3) is 0 Å². The first-order valence-corrected chi connectivity index (χ1v) is 5.87. The number of esters is 1. The molecule has 1 aromatic carbocycles. The second-order valence-electron chi connectivity index (χ2n) is 3.89. The second-order valence-corrected chi connectivity index (χ2v) is 3.89. The normalized spacial score (nSPS) is 11.9. The van der Waals surface area contributed by atoms with Crippen molar-refractivity contribution in [2.24, 2.45) is 0 Å². The molecule has 0 radical (unpaired) electrons. The Morgan fingerprint density at radius 1 is 1.61 bits per heavy atom. The third-order valence-corrected chi connectivity index (χ3v) is 2.50. The quantitative estimate of drug-likeness (QED) is 0.623. The lowest BCUT2D eigenvalue weighted by atomic mass is 10.0. The number of benzene rings is 1. The Morgan fingerprint density at radius 2 is 2.33 bits per heavy atom. The van der Waals surface area contributed by atoms with Gasteiger partial charge in [-0.25, -0.2) is 9.18 Å². The van der Waals surface area contributed by atoms with Gasteiger partial charge in [0.05, 0.1) is 6.61 Å². The standard InChI is InChI=1S/C14H18FNO2/c1-4-8-16-13(14(17)18-5-2)11-6-7-12(15)10(3)9-11/h4,6-7,9,13,16H,1,5,8H2,2-3H3. The highest BCUT2D eigenvalue weighted by Crippen LogP contribution is 2.18. The van der Waals surface area contributed by atoms with E-state index in [1.54, 1.807) is 32.1 Å². The molecule has 0 saturated heterocycles. The highest BCUT2D eigenvalue weighted by molar-refractivity contribution is 5.77. The highest BCUT2D eigenvalue weighted by Gasteiger charge is 2.21. The number of carbonyl (C=O) groups excluding carboxylic acids is 1. The van der Waals surface area contributed by atoms with Crippen molar-refractivity contribution < 1.29 is 13.9 Å². The zero-order valence-electron chi connectivity index (χ0n) is 10.7. The Labute approximate surface area is 107 Å². The van der Waals surface area contributed by atoms with Crippen molar-refractivity contribution in [2.45, 2.75) is 19.9 Å². The van der Waals surface area contributed by atoms with Gasteiger partial charge in [-0.2, -0.15) is 0 Å². The summed E-state index contributed by atoms with van der Waals surface area (Å²) in [5.41, 5.74) is 1.19. The number of carbonyl (C=O) groups is 1. The van der Waals surface area contributed by atoms with E-state index >= 15 is 0 Å². The van der Waals surface area contributed by atoms with Crippen LogP contribution in [0.4, 0.5) is 4.39 Å². The predicted octanol–water partition coefficient (Wildman–Crippen LogP) is 2.51. The smallest absolute Gasteiger partial charge is 0.327 e. The Balaban J connectivity index is 2.96. The molecule has 98 valence electrons. The van der Waals surface area contributed by atoms with E-state index in [4.69, 9.17) is 4.74 Å². The first kappa shape index (κ1) is 14.4. The minimum atomic E-state index is -0.595. The first-order valence-electron chi connectivity index (χ1n) is 5.87. The number of hydrogen-bond donors (Lipinski definition) is 1. The van der Waals surface area contributed by atoms with Crippen molar-refractivity contribution in [3.05, 3.63) is 47.8 Å². The molecule has 3 nitrogen and oxygen atoms in total. The summed E-state index contributed by atoms with van der Waals surface area (Å²) >= 11 is 0. The molecular weight excluding hydrogens is 233 g/mol. The molecule has 1 rings (SSSR count). The molecule has 0 aliphatic carbocycles. The van der Waals surface area contributed by atoms with Gasteiger partial charge in [-0.05, 0) is 31.0 Å². The van der Waals surface area contributed by atoms with E-state index in [0.717, 1.165) is 0 Å². The zero-order chi connectivity index (χ0) is 13.5. The second kappa shape index (κ2) is 6.91. The summed E-state index contributed by atoms with van der Waals surface area (Å²) in [5, 5.41) is 3.00. The molecule has 0 fully saturated rings. The molecule has 0 aromatic heterocycles. The highest BCUT2D eigenvalue weighted by atomic mass is 19.1. The van der Waals surface area contributed by atoms with E-state index in [-0.39, 0.29) is 11.8 Å². The largest absolute Gasteiger partial charge is 0.465 e. The third kappa shape index (κ3) is 3.67. The van der Waals surface area contributed by atoms with Crippen LogP contribution in [0.2, 0.25) is 0 Å². The summed E-state index contributed by atoms with van der Waals surface area (Å²) in [6.45, 7) is 7.78. The van der Waals surface area contributed by atoms with E-state index in [0.29, 0.717) is 24.3 Å². The lowest BCUT2D eigenvalue weighted by Gasteiger charge is -2.17. The van der Waals surface area contributed by atoms with Gasteiger partial charge in [-0.3, -0.25) is 5.32 Å². The van der Waals surface area contributed by atoms with Crippen molar-refractivity contribution in [1.29, 1.82) is 0 Å². The number of hydrogen-bond acceptors (Lipinski definition) is 3. The maximum atomic E-state index is 13.2. The summed E-state index contributed by atoms with van der Waals surface area (Å²) in [6, 6.07) is 3.99. The molecule has 0 saturated carbocycles. The van der Waals surface area contributed by atoms with Gasteiger partial charge < -0.3 is 4.74 Å². The van der Waals surface area contributed by atoms with Gasteiger partial charge >= 0.3 is 5.97 Å². The Kier molecular flexibility index (Phi) is 5.52. The minimum Gasteiger partial charge on any atom is -0.465 e. The van der Waals surface area contributed by atoms with Crippen LogP contribution in [0.1, 0.15) is 24.1 Å². The van der Waals surface area contributed by atoms with Gasteiger partial charge in [0.15, 0.2) is 0 Å². The molecule has 1 N–H and O–H groups in total. The van der Waals surface area contributed by atoms with Gasteiger partial charge in [-0.15, -0.1) is 6.58 Å². The SMILES string of the molecule is C=CCNC(C(=O)OCC)c1ccc(F)c(C)c1. The zero-order valence-corrected chi connectivity index (χ0v) is 10.7. The van der Waals surface area contributed by atoms with Crippen LogP contribution in [-0.2, 0) is 9.53 Å². The Morgan fingerprint density at radius 3 is 2.89 bits per heavy atom. The van der Waals surface area contributed by atoms with E-state index in [9.17, 15) is 9.18 Å². The van der Waals surface area contributed by atoms with Crippen molar-refractivity contribution in [3.63, 3.8) is 0 Å². The lowest BCUT2D eigenvalue weighted by Crippen LogP contribution is -2.30. The lowest BCUT2D eigenvalue weighted by molar-refractivity contribution is -0.145. The van der Waals surface area contributed by atoms with Gasteiger partial charge in [0, 0.05) is 6.54 Å².